The second-order valence-electron chi connectivity index (χ2n) is 2.41. The van der Waals surface area contributed by atoms with E-state index in [1.807, 2.05) is 0 Å². The van der Waals surface area contributed by atoms with E-state index >= 15 is 0 Å². The average molecular weight is 308 g/mol. The topological polar surface area (TPSA) is 55.0 Å². The van der Waals surface area contributed by atoms with Crippen LogP contribution in [0.15, 0.2) is 6.07 Å². The minimum absolute atomic E-state index is 0.303. The second kappa shape index (κ2) is 3.26. The van der Waals surface area contributed by atoms with Gasteiger partial charge in [0.15, 0.2) is 5.06 Å². The number of carbonyl (C=O) groups excluding carboxylic acids is 1. The molecule has 0 bridgehead atoms. The summed E-state index contributed by atoms with van der Waals surface area (Å²) in [7, 11) is 0. The molecule has 0 saturated carbocycles. The van der Waals surface area contributed by atoms with Gasteiger partial charge in [0.1, 0.15) is 9.22 Å². The van der Waals surface area contributed by atoms with Gasteiger partial charge in [-0.3, -0.25) is 9.89 Å². The quantitative estimate of drug-likeness (QED) is 0.649. The van der Waals surface area contributed by atoms with Crippen molar-refractivity contribution in [2.24, 2.45) is 0 Å². The van der Waals surface area contributed by atoms with Crippen LogP contribution in [-0.2, 0) is 4.79 Å². The molecule has 2 aromatic rings. The molecule has 2 heterocycles. The van der Waals surface area contributed by atoms with Crippen LogP contribution < -0.4 is 4.74 Å². The summed E-state index contributed by atoms with van der Waals surface area (Å²) in [5, 5.41) is 7.47. The number of esters is 1. The van der Waals surface area contributed by atoms with E-state index in [0.29, 0.717) is 5.06 Å². The number of aromatic amines is 1. The maximum atomic E-state index is 10.7. The third-order valence-corrected chi connectivity index (χ3v) is 3.57. The summed E-state index contributed by atoms with van der Waals surface area (Å²) < 4.78 is 6.93. The summed E-state index contributed by atoms with van der Waals surface area (Å²) in [6.45, 7) is 1.38. The van der Waals surface area contributed by atoms with Gasteiger partial charge in [0.25, 0.3) is 0 Å². The summed E-state index contributed by atoms with van der Waals surface area (Å²) in [6, 6.07) is 1.75. The second-order valence-corrected chi connectivity index (χ2v) is 4.50. The van der Waals surface area contributed by atoms with Crippen LogP contribution >= 0.6 is 33.9 Å². The van der Waals surface area contributed by atoms with Crippen molar-refractivity contribution < 1.29 is 9.53 Å². The van der Waals surface area contributed by atoms with E-state index in [2.05, 4.69) is 32.8 Å². The highest BCUT2D eigenvalue weighted by Crippen LogP contribution is 2.33. The first-order valence-corrected chi connectivity index (χ1v) is 5.38. The molecule has 0 aromatic carbocycles. The van der Waals surface area contributed by atoms with Gasteiger partial charge < -0.3 is 4.74 Å². The molecule has 0 amide bonds. The van der Waals surface area contributed by atoms with Crippen LogP contribution in [0.25, 0.3) is 10.2 Å². The molecule has 1 N–H and O–H groups in total. The number of thiophene rings is 1. The first-order chi connectivity index (χ1) is 6.16. The molecule has 0 atom stereocenters. The maximum Gasteiger partial charge on any atom is 0.308 e. The molecule has 6 heteroatoms. The van der Waals surface area contributed by atoms with Gasteiger partial charge >= 0.3 is 5.97 Å². The number of H-pyrrole nitrogens is 1. The van der Waals surface area contributed by atoms with Crippen molar-refractivity contribution in [1.29, 1.82) is 0 Å². The third-order valence-electron chi connectivity index (χ3n) is 1.41. The normalized spacial score (nSPS) is 10.6. The molecule has 0 aliphatic rings. The highest BCUT2D eigenvalue weighted by atomic mass is 127. The molecule has 0 aliphatic carbocycles. The number of rotatable bonds is 1. The first kappa shape index (κ1) is 8.95. The van der Waals surface area contributed by atoms with Gasteiger partial charge in [0, 0.05) is 13.0 Å². The van der Waals surface area contributed by atoms with E-state index in [-0.39, 0.29) is 5.97 Å². The largest absolute Gasteiger partial charge is 0.415 e. The van der Waals surface area contributed by atoms with Crippen molar-refractivity contribution in [1.82, 2.24) is 10.2 Å². The van der Waals surface area contributed by atoms with E-state index < -0.39 is 0 Å². The van der Waals surface area contributed by atoms with E-state index in [1.165, 1.54) is 18.3 Å². The van der Waals surface area contributed by atoms with Crippen LogP contribution in [0.2, 0.25) is 0 Å². The minimum atomic E-state index is -0.303. The maximum absolute atomic E-state index is 10.7. The van der Waals surface area contributed by atoms with Gasteiger partial charge in [-0.15, -0.1) is 0 Å². The fourth-order valence-corrected chi connectivity index (χ4v) is 2.55. The van der Waals surface area contributed by atoms with Gasteiger partial charge in [-0.2, -0.15) is 5.10 Å². The van der Waals surface area contributed by atoms with Crippen molar-refractivity contribution in [2.45, 2.75) is 6.92 Å². The van der Waals surface area contributed by atoms with Crippen LogP contribution in [0, 0.1) is 3.70 Å². The van der Waals surface area contributed by atoms with Crippen molar-refractivity contribution in [2.75, 3.05) is 0 Å². The Morgan fingerprint density at radius 1 is 1.77 bits per heavy atom. The van der Waals surface area contributed by atoms with Gasteiger partial charge in [-0.1, -0.05) is 11.3 Å². The number of ether oxygens (including phenoxy) is 1. The van der Waals surface area contributed by atoms with Crippen molar-refractivity contribution >= 4 is 50.1 Å². The molecule has 0 saturated heterocycles. The number of hydrogen-bond acceptors (Lipinski definition) is 4. The van der Waals surface area contributed by atoms with Gasteiger partial charge in [0.05, 0.1) is 4.70 Å². The van der Waals surface area contributed by atoms with Crippen molar-refractivity contribution in [3.63, 3.8) is 0 Å². The molecular formula is C7H5IN2O2S. The zero-order valence-corrected chi connectivity index (χ0v) is 9.60. The molecule has 68 valence electrons. The Kier molecular flexibility index (Phi) is 2.24. The summed E-state index contributed by atoms with van der Waals surface area (Å²) in [4.78, 5) is 10.7. The first-order valence-electron chi connectivity index (χ1n) is 3.48. The summed E-state index contributed by atoms with van der Waals surface area (Å²) in [6.07, 6.45) is 0. The van der Waals surface area contributed by atoms with Crippen LogP contribution in [0.1, 0.15) is 6.92 Å². The molecule has 0 unspecified atom stereocenters. The van der Waals surface area contributed by atoms with E-state index in [9.17, 15) is 4.79 Å². The van der Waals surface area contributed by atoms with E-state index in [0.717, 1.165) is 13.9 Å². The summed E-state index contributed by atoms with van der Waals surface area (Å²) in [5.74, 6) is -0.303. The standard InChI is InChI=1S/C7H5IN2O2S/c1-3(11)12-5-2-4-6(13-5)7(8)10-9-4/h2H,1H3,(H,9,10). The molecule has 4 nitrogen and oxygen atoms in total. The number of halogens is 1. The molecule has 0 spiro atoms. The Balaban J connectivity index is 2.44. The highest BCUT2D eigenvalue weighted by Gasteiger charge is 2.09. The molecule has 0 aliphatic heterocycles. The zero-order valence-electron chi connectivity index (χ0n) is 6.63. The van der Waals surface area contributed by atoms with Crippen LogP contribution in [-0.4, -0.2) is 16.2 Å². The van der Waals surface area contributed by atoms with Crippen LogP contribution in [0.5, 0.6) is 5.06 Å². The monoisotopic (exact) mass is 308 g/mol. The van der Waals surface area contributed by atoms with Crippen LogP contribution in [0.3, 0.4) is 0 Å². The smallest absolute Gasteiger partial charge is 0.308 e. The molecule has 0 fully saturated rings. The number of nitrogens with one attached hydrogen (secondary N) is 1. The lowest BCUT2D eigenvalue weighted by atomic mass is 10.5. The number of nitrogens with zero attached hydrogens (tertiary/aromatic N) is 1. The molecule has 0 radical (unpaired) electrons. The van der Waals surface area contributed by atoms with Gasteiger partial charge in [-0.05, 0) is 22.6 Å². The van der Waals surface area contributed by atoms with Crippen molar-refractivity contribution in [3.05, 3.63) is 9.77 Å². The predicted octanol–water partition coefficient (Wildman–Crippen LogP) is 2.15. The molecule has 2 rings (SSSR count). The summed E-state index contributed by atoms with van der Waals surface area (Å²) in [5.41, 5.74) is 0.839. The Hall–Kier alpha value is -0.630. The van der Waals surface area contributed by atoms with Crippen molar-refractivity contribution in [3.8, 4) is 5.06 Å². The van der Waals surface area contributed by atoms with E-state index in [4.69, 9.17) is 4.74 Å². The fraction of sp³-hybridized carbons (Fsp3) is 0.143. The lowest BCUT2D eigenvalue weighted by molar-refractivity contribution is -0.131. The number of aromatic nitrogens is 2. The Bertz CT molecular complexity index is 462. The Morgan fingerprint density at radius 3 is 3.15 bits per heavy atom. The Morgan fingerprint density at radius 2 is 2.54 bits per heavy atom. The van der Waals surface area contributed by atoms with Gasteiger partial charge in [0.2, 0.25) is 0 Å². The summed E-state index contributed by atoms with van der Waals surface area (Å²) >= 11 is 3.57. The molecule has 2 aromatic heterocycles. The van der Waals surface area contributed by atoms with Crippen LogP contribution in [0.4, 0.5) is 0 Å². The highest BCUT2D eigenvalue weighted by molar-refractivity contribution is 14.1. The SMILES string of the molecule is CC(=O)Oc1cc2n[nH]c(I)c2s1. The zero-order chi connectivity index (χ0) is 9.42. The number of carbonyl (C=O) groups is 1. The molecule has 13 heavy (non-hydrogen) atoms. The number of fused-ring (bicyclic) bond motifs is 1. The average Bonchev–Trinajstić information content (AvgIpc) is 2.53. The predicted molar refractivity (Wildman–Crippen MR) is 58.0 cm³/mol. The fourth-order valence-electron chi connectivity index (χ4n) is 0.952. The Labute approximate surface area is 91.4 Å². The molecular weight excluding hydrogens is 303 g/mol. The lowest BCUT2D eigenvalue weighted by Crippen LogP contribution is -1.99. The third kappa shape index (κ3) is 1.68. The number of hydrogen-bond donors (Lipinski definition) is 1. The van der Waals surface area contributed by atoms with Gasteiger partial charge in [-0.25, -0.2) is 0 Å². The lowest BCUT2D eigenvalue weighted by Gasteiger charge is -1.92. The van der Waals surface area contributed by atoms with E-state index in [1.54, 1.807) is 6.07 Å². The minimum Gasteiger partial charge on any atom is -0.415 e.